The number of rotatable bonds is 2. The van der Waals surface area contributed by atoms with Crippen LogP contribution in [0.15, 0.2) is 48.5 Å². The maximum atomic E-state index is 5.19. The van der Waals surface area contributed by atoms with Crippen molar-refractivity contribution < 1.29 is 33.3 Å². The lowest BCUT2D eigenvalue weighted by Crippen LogP contribution is -3.00. The molecule has 0 N–H and O–H groups in total. The topological polar surface area (TPSA) is 13.1 Å². The van der Waals surface area contributed by atoms with E-state index < -0.39 is 0 Å². The van der Waals surface area contributed by atoms with Crippen LogP contribution < -0.4 is 33.3 Å². The Labute approximate surface area is 133 Å². The van der Waals surface area contributed by atoms with Crippen LogP contribution in [0.4, 0.5) is 0 Å². The molecular weight excluding hydrogens is 369 g/mol. The number of hydrogen-bond acceptors (Lipinski definition) is 2. The van der Waals surface area contributed by atoms with Crippen molar-refractivity contribution in [3.8, 4) is 16.3 Å². The molecular formula is C15H14INOS. The first-order chi connectivity index (χ1) is 8.79. The lowest BCUT2D eigenvalue weighted by atomic mass is 10.2. The van der Waals surface area contributed by atoms with Crippen molar-refractivity contribution in [1.82, 2.24) is 0 Å². The number of hydrogen-bond donors (Lipinski definition) is 0. The molecule has 0 atom stereocenters. The van der Waals surface area contributed by atoms with Gasteiger partial charge in [0, 0.05) is 6.07 Å². The zero-order valence-corrected chi connectivity index (χ0v) is 13.7. The van der Waals surface area contributed by atoms with Gasteiger partial charge in [-0.3, -0.25) is 0 Å². The monoisotopic (exact) mass is 383 g/mol. The van der Waals surface area contributed by atoms with Gasteiger partial charge in [-0.2, -0.15) is 4.57 Å². The standard InChI is InChI=1S/C15H14NOS.HI/c1-16-13-5-3-4-6-14(13)18-15(16)11-7-9-12(17-2)10-8-11;/h3-10H,1-2H3;1H/q+1;/p-1. The number of aryl methyl sites for hydroxylation is 1. The molecule has 4 heteroatoms. The number of aromatic nitrogens is 1. The third-order valence-corrected chi connectivity index (χ3v) is 4.34. The van der Waals surface area contributed by atoms with Crippen LogP contribution in [0.25, 0.3) is 20.8 Å². The minimum Gasteiger partial charge on any atom is -1.00 e. The van der Waals surface area contributed by atoms with E-state index in [9.17, 15) is 0 Å². The van der Waals surface area contributed by atoms with Gasteiger partial charge in [-0.25, -0.2) is 0 Å². The van der Waals surface area contributed by atoms with E-state index in [-0.39, 0.29) is 24.0 Å². The summed E-state index contributed by atoms with van der Waals surface area (Å²) >= 11 is 1.81. The molecule has 0 fully saturated rings. The first kappa shape index (κ1) is 14.3. The number of ether oxygens (including phenoxy) is 1. The van der Waals surface area contributed by atoms with Gasteiger partial charge in [-0.15, -0.1) is 0 Å². The van der Waals surface area contributed by atoms with Crippen LogP contribution in [-0.4, -0.2) is 7.11 Å². The quantitative estimate of drug-likeness (QED) is 0.462. The number of halogens is 1. The highest BCUT2D eigenvalue weighted by atomic mass is 127. The van der Waals surface area contributed by atoms with E-state index in [4.69, 9.17) is 4.74 Å². The van der Waals surface area contributed by atoms with E-state index in [0.29, 0.717) is 0 Å². The minimum absolute atomic E-state index is 0. The van der Waals surface area contributed by atoms with Crippen LogP contribution in [-0.2, 0) is 7.05 Å². The van der Waals surface area contributed by atoms with E-state index in [0.717, 1.165) is 5.75 Å². The summed E-state index contributed by atoms with van der Waals surface area (Å²) in [6.45, 7) is 0. The summed E-state index contributed by atoms with van der Waals surface area (Å²) < 4.78 is 8.74. The molecule has 3 rings (SSSR count). The average molecular weight is 383 g/mol. The Balaban J connectivity index is 0.00000133. The summed E-state index contributed by atoms with van der Waals surface area (Å²) in [7, 11) is 3.80. The molecule has 2 aromatic carbocycles. The maximum absolute atomic E-state index is 5.19. The molecule has 3 aromatic rings. The molecule has 98 valence electrons. The summed E-state index contributed by atoms with van der Waals surface area (Å²) in [5.41, 5.74) is 2.49. The third-order valence-electron chi connectivity index (χ3n) is 3.07. The van der Waals surface area contributed by atoms with E-state index in [1.54, 1.807) is 7.11 Å². The molecule has 1 heterocycles. The average Bonchev–Trinajstić information content (AvgIpc) is 2.77. The van der Waals surface area contributed by atoms with Crippen LogP contribution in [0.3, 0.4) is 0 Å². The molecule has 0 aliphatic rings. The van der Waals surface area contributed by atoms with Gasteiger partial charge in [0.15, 0.2) is 0 Å². The van der Waals surface area contributed by atoms with Gasteiger partial charge in [0.25, 0.3) is 5.01 Å². The van der Waals surface area contributed by atoms with Crippen LogP contribution in [0.1, 0.15) is 0 Å². The Bertz CT molecular complexity index is 691. The number of fused-ring (bicyclic) bond motifs is 1. The predicted octanol–water partition coefficient (Wildman–Crippen LogP) is 0.405. The summed E-state index contributed by atoms with van der Waals surface area (Å²) in [5, 5.41) is 1.26. The van der Waals surface area contributed by atoms with Crippen molar-refractivity contribution in [3.05, 3.63) is 48.5 Å². The van der Waals surface area contributed by atoms with Crippen molar-refractivity contribution in [2.75, 3.05) is 7.11 Å². The highest BCUT2D eigenvalue weighted by molar-refractivity contribution is 7.21. The molecule has 0 amide bonds. The molecule has 0 saturated carbocycles. The van der Waals surface area contributed by atoms with Crippen molar-refractivity contribution in [2.45, 2.75) is 0 Å². The zero-order chi connectivity index (χ0) is 12.5. The zero-order valence-electron chi connectivity index (χ0n) is 10.8. The normalized spacial score (nSPS) is 10.2. The van der Waals surface area contributed by atoms with E-state index in [2.05, 4.69) is 48.0 Å². The fourth-order valence-electron chi connectivity index (χ4n) is 2.09. The molecule has 0 radical (unpaired) electrons. The molecule has 0 aliphatic carbocycles. The number of methoxy groups -OCH3 is 1. The molecule has 0 aliphatic heterocycles. The second-order valence-corrected chi connectivity index (χ2v) is 5.19. The summed E-state index contributed by atoms with van der Waals surface area (Å²) in [6, 6.07) is 16.7. The Morgan fingerprint density at radius 1 is 1.00 bits per heavy atom. The van der Waals surface area contributed by atoms with E-state index in [1.807, 2.05) is 23.5 Å². The van der Waals surface area contributed by atoms with E-state index in [1.165, 1.54) is 20.8 Å². The van der Waals surface area contributed by atoms with Crippen LogP contribution in [0, 0.1) is 0 Å². The van der Waals surface area contributed by atoms with Gasteiger partial charge in [-0.1, -0.05) is 23.5 Å². The first-order valence-corrected chi connectivity index (χ1v) is 6.63. The van der Waals surface area contributed by atoms with Crippen molar-refractivity contribution in [2.24, 2.45) is 7.05 Å². The first-order valence-electron chi connectivity index (χ1n) is 5.81. The molecule has 1 aromatic heterocycles. The number of para-hydroxylation sites is 1. The highest BCUT2D eigenvalue weighted by Gasteiger charge is 2.17. The van der Waals surface area contributed by atoms with Crippen LogP contribution in [0.2, 0.25) is 0 Å². The van der Waals surface area contributed by atoms with Gasteiger partial charge in [-0.05, 0) is 30.3 Å². The van der Waals surface area contributed by atoms with Crippen molar-refractivity contribution in [1.29, 1.82) is 0 Å². The largest absolute Gasteiger partial charge is 1.00 e. The Kier molecular flexibility index (Phi) is 4.42. The number of benzene rings is 2. The van der Waals surface area contributed by atoms with Gasteiger partial charge in [0.05, 0.1) is 12.7 Å². The fraction of sp³-hybridized carbons (Fsp3) is 0.133. The van der Waals surface area contributed by atoms with Crippen molar-refractivity contribution >= 4 is 21.6 Å². The van der Waals surface area contributed by atoms with Gasteiger partial charge in [0.2, 0.25) is 5.52 Å². The summed E-state index contributed by atoms with van der Waals surface area (Å²) in [5.74, 6) is 0.891. The van der Waals surface area contributed by atoms with Crippen molar-refractivity contribution in [3.63, 3.8) is 0 Å². The number of nitrogens with zero attached hydrogens (tertiary/aromatic N) is 1. The van der Waals surface area contributed by atoms with Crippen LogP contribution in [0.5, 0.6) is 5.75 Å². The summed E-state index contributed by atoms with van der Waals surface area (Å²) in [6.07, 6.45) is 0. The smallest absolute Gasteiger partial charge is 0.269 e. The third kappa shape index (κ3) is 2.60. The molecule has 0 saturated heterocycles. The van der Waals surface area contributed by atoms with Crippen LogP contribution >= 0.6 is 11.3 Å². The van der Waals surface area contributed by atoms with Gasteiger partial charge < -0.3 is 28.7 Å². The molecule has 0 bridgehead atoms. The molecule has 0 spiro atoms. The second kappa shape index (κ2) is 5.88. The lowest BCUT2D eigenvalue weighted by molar-refractivity contribution is -0.629. The maximum Gasteiger partial charge on any atom is 0.269 e. The van der Waals surface area contributed by atoms with Gasteiger partial charge >= 0.3 is 0 Å². The minimum atomic E-state index is 0. The Hall–Kier alpha value is -1.14. The van der Waals surface area contributed by atoms with E-state index >= 15 is 0 Å². The molecule has 0 unspecified atom stereocenters. The predicted molar refractivity (Wildman–Crippen MR) is 75.0 cm³/mol. The summed E-state index contributed by atoms with van der Waals surface area (Å²) in [4.78, 5) is 0. The lowest BCUT2D eigenvalue weighted by Gasteiger charge is -1.99. The fourth-order valence-corrected chi connectivity index (χ4v) is 3.24. The highest BCUT2D eigenvalue weighted by Crippen LogP contribution is 2.28. The molecule has 19 heavy (non-hydrogen) atoms. The molecule has 2 nitrogen and oxygen atoms in total. The van der Waals surface area contributed by atoms with Gasteiger partial charge in [0.1, 0.15) is 17.5 Å². The SMILES string of the molecule is COc1ccc(-c2sc3ccccc3[n+]2C)cc1.[I-]. The second-order valence-electron chi connectivity index (χ2n) is 4.16. The Morgan fingerprint density at radius 3 is 2.32 bits per heavy atom. The number of thiazole rings is 1. The Morgan fingerprint density at radius 2 is 1.68 bits per heavy atom.